The van der Waals surface area contributed by atoms with E-state index in [1.54, 1.807) is 20.4 Å². The van der Waals surface area contributed by atoms with Crippen molar-refractivity contribution in [1.29, 1.82) is 0 Å². The summed E-state index contributed by atoms with van der Waals surface area (Å²) in [5.74, 6) is 1.64. The van der Waals surface area contributed by atoms with Crippen LogP contribution in [-0.2, 0) is 0 Å². The molecule has 94 valence electrons. The average Bonchev–Trinajstić information content (AvgIpc) is 2.41. The van der Waals surface area contributed by atoms with Gasteiger partial charge in [0.05, 0.1) is 30.6 Å². The molecule has 0 saturated carbocycles. The van der Waals surface area contributed by atoms with E-state index in [4.69, 9.17) is 9.47 Å². The molecule has 0 aliphatic rings. The first kappa shape index (κ1) is 12.6. The molecule has 1 N–H and O–H groups in total. The molecule has 0 atom stereocenters. The fourth-order valence-electron chi connectivity index (χ4n) is 1.42. The van der Waals surface area contributed by atoms with E-state index in [-0.39, 0.29) is 0 Å². The van der Waals surface area contributed by atoms with E-state index in [1.807, 2.05) is 24.3 Å². The highest BCUT2D eigenvalue weighted by Crippen LogP contribution is 2.27. The van der Waals surface area contributed by atoms with Crippen LogP contribution >= 0.6 is 15.9 Å². The summed E-state index contributed by atoms with van der Waals surface area (Å²) in [6.45, 7) is 0. The molecule has 0 radical (unpaired) electrons. The predicted molar refractivity (Wildman–Crippen MR) is 72.6 cm³/mol. The van der Waals surface area contributed by atoms with Crippen LogP contribution < -0.4 is 14.8 Å². The molecule has 0 saturated heterocycles. The van der Waals surface area contributed by atoms with Gasteiger partial charge in [0.25, 0.3) is 0 Å². The topological polar surface area (TPSA) is 56.3 Å². The third kappa shape index (κ3) is 2.70. The predicted octanol–water partition coefficient (Wildman–Crippen LogP) is 3.00. The number of para-hydroxylation sites is 2. The summed E-state index contributed by atoms with van der Waals surface area (Å²) in [5.41, 5.74) is 0.796. The quantitative estimate of drug-likeness (QED) is 0.941. The standard InChI is InChI=1S/C12H12BrN3O2/c1-17-10-6-4-3-5-9(10)15-12-14-7-8(13)11(16-12)18-2/h3-7H,1-2H3,(H,14,15,16). The summed E-state index contributed by atoms with van der Waals surface area (Å²) in [6.07, 6.45) is 1.63. The molecule has 5 nitrogen and oxygen atoms in total. The Bertz CT molecular complexity index is 549. The zero-order chi connectivity index (χ0) is 13.0. The number of aromatic nitrogens is 2. The number of hydrogen-bond acceptors (Lipinski definition) is 5. The third-order valence-electron chi connectivity index (χ3n) is 2.26. The van der Waals surface area contributed by atoms with E-state index in [1.165, 1.54) is 0 Å². The second-order valence-corrected chi connectivity index (χ2v) is 4.23. The van der Waals surface area contributed by atoms with Crippen LogP contribution in [0.15, 0.2) is 34.9 Å². The lowest BCUT2D eigenvalue weighted by Gasteiger charge is -2.10. The molecule has 2 rings (SSSR count). The van der Waals surface area contributed by atoms with Crippen molar-refractivity contribution in [1.82, 2.24) is 9.97 Å². The Hall–Kier alpha value is -1.82. The Labute approximate surface area is 113 Å². The molecule has 0 aliphatic carbocycles. The lowest BCUT2D eigenvalue weighted by Crippen LogP contribution is -2.00. The third-order valence-corrected chi connectivity index (χ3v) is 2.80. The first-order valence-electron chi connectivity index (χ1n) is 5.21. The maximum atomic E-state index is 5.24. The van der Waals surface area contributed by atoms with E-state index in [9.17, 15) is 0 Å². The molecule has 1 aromatic carbocycles. The van der Waals surface area contributed by atoms with Crippen molar-refractivity contribution >= 4 is 27.6 Å². The van der Waals surface area contributed by atoms with Crippen molar-refractivity contribution in [2.75, 3.05) is 19.5 Å². The van der Waals surface area contributed by atoms with Gasteiger partial charge < -0.3 is 14.8 Å². The molecule has 0 unspecified atom stereocenters. The summed E-state index contributed by atoms with van der Waals surface area (Å²) < 4.78 is 11.1. The van der Waals surface area contributed by atoms with Crippen molar-refractivity contribution < 1.29 is 9.47 Å². The molecular formula is C12H12BrN3O2. The van der Waals surface area contributed by atoms with Gasteiger partial charge in [-0.2, -0.15) is 4.98 Å². The fraction of sp³-hybridized carbons (Fsp3) is 0.167. The highest BCUT2D eigenvalue weighted by molar-refractivity contribution is 9.10. The van der Waals surface area contributed by atoms with Crippen LogP contribution in [0.1, 0.15) is 0 Å². The number of ether oxygens (including phenoxy) is 2. The van der Waals surface area contributed by atoms with Gasteiger partial charge in [0.1, 0.15) is 5.75 Å². The second kappa shape index (κ2) is 5.68. The van der Waals surface area contributed by atoms with Gasteiger partial charge in [0.15, 0.2) is 0 Å². The molecule has 1 heterocycles. The first-order valence-corrected chi connectivity index (χ1v) is 6.00. The Kier molecular flexibility index (Phi) is 3.99. The number of hydrogen-bond donors (Lipinski definition) is 1. The molecule has 0 spiro atoms. The van der Waals surface area contributed by atoms with Crippen molar-refractivity contribution in [2.45, 2.75) is 0 Å². The van der Waals surface area contributed by atoms with Gasteiger partial charge in [-0.05, 0) is 28.1 Å². The van der Waals surface area contributed by atoms with Gasteiger partial charge in [0.2, 0.25) is 11.8 Å². The molecule has 0 fully saturated rings. The Morgan fingerprint density at radius 2 is 1.94 bits per heavy atom. The summed E-state index contributed by atoms with van der Waals surface area (Å²) in [5, 5.41) is 3.08. The average molecular weight is 310 g/mol. The monoisotopic (exact) mass is 309 g/mol. The first-order chi connectivity index (χ1) is 8.74. The summed E-state index contributed by atoms with van der Waals surface area (Å²) in [6, 6.07) is 7.54. The smallest absolute Gasteiger partial charge is 0.232 e. The number of rotatable bonds is 4. The minimum Gasteiger partial charge on any atom is -0.495 e. The SMILES string of the molecule is COc1ccccc1Nc1ncc(Br)c(OC)n1. The largest absolute Gasteiger partial charge is 0.495 e. The van der Waals surface area contributed by atoms with E-state index < -0.39 is 0 Å². The van der Waals surface area contributed by atoms with Crippen molar-refractivity contribution in [3.05, 3.63) is 34.9 Å². The van der Waals surface area contributed by atoms with Gasteiger partial charge in [-0.25, -0.2) is 4.98 Å². The van der Waals surface area contributed by atoms with Crippen molar-refractivity contribution in [3.8, 4) is 11.6 Å². The molecule has 0 bridgehead atoms. The van der Waals surface area contributed by atoms with Crippen LogP contribution in [0, 0.1) is 0 Å². The Morgan fingerprint density at radius 3 is 2.67 bits per heavy atom. The molecule has 0 aliphatic heterocycles. The molecule has 1 aromatic heterocycles. The number of nitrogens with zero attached hydrogens (tertiary/aromatic N) is 2. The van der Waals surface area contributed by atoms with E-state index >= 15 is 0 Å². The van der Waals surface area contributed by atoms with Crippen LogP contribution in [0.25, 0.3) is 0 Å². The van der Waals surface area contributed by atoms with Crippen LogP contribution in [0.4, 0.5) is 11.6 Å². The highest BCUT2D eigenvalue weighted by Gasteiger charge is 2.07. The maximum absolute atomic E-state index is 5.24. The summed E-state index contributed by atoms with van der Waals surface area (Å²) in [7, 11) is 3.17. The lowest BCUT2D eigenvalue weighted by atomic mass is 10.3. The zero-order valence-corrected chi connectivity index (χ0v) is 11.6. The zero-order valence-electron chi connectivity index (χ0n) is 9.98. The number of halogens is 1. The molecule has 6 heteroatoms. The Morgan fingerprint density at radius 1 is 1.17 bits per heavy atom. The molecule has 18 heavy (non-hydrogen) atoms. The molecular weight excluding hydrogens is 298 g/mol. The summed E-state index contributed by atoms with van der Waals surface area (Å²) in [4.78, 5) is 8.37. The highest BCUT2D eigenvalue weighted by atomic mass is 79.9. The maximum Gasteiger partial charge on any atom is 0.232 e. The normalized spacial score (nSPS) is 9.94. The van der Waals surface area contributed by atoms with E-state index in [0.717, 1.165) is 11.4 Å². The minimum atomic E-state index is 0.444. The minimum absolute atomic E-state index is 0.444. The van der Waals surface area contributed by atoms with E-state index in [0.29, 0.717) is 16.3 Å². The number of nitrogens with one attached hydrogen (secondary N) is 1. The lowest BCUT2D eigenvalue weighted by molar-refractivity contribution is 0.394. The van der Waals surface area contributed by atoms with E-state index in [2.05, 4.69) is 31.2 Å². The number of methoxy groups -OCH3 is 2. The van der Waals surface area contributed by atoms with Crippen LogP contribution in [0.2, 0.25) is 0 Å². The van der Waals surface area contributed by atoms with Gasteiger partial charge in [0, 0.05) is 0 Å². The number of anilines is 2. The Balaban J connectivity index is 2.28. The molecule has 0 amide bonds. The fourth-order valence-corrected chi connectivity index (χ4v) is 1.78. The van der Waals surface area contributed by atoms with Crippen LogP contribution in [0.5, 0.6) is 11.6 Å². The van der Waals surface area contributed by atoms with Gasteiger partial charge in [-0.1, -0.05) is 12.1 Å². The van der Waals surface area contributed by atoms with Gasteiger partial charge in [-0.15, -0.1) is 0 Å². The van der Waals surface area contributed by atoms with Gasteiger partial charge >= 0.3 is 0 Å². The van der Waals surface area contributed by atoms with Crippen LogP contribution in [0.3, 0.4) is 0 Å². The van der Waals surface area contributed by atoms with Crippen molar-refractivity contribution in [3.63, 3.8) is 0 Å². The number of benzene rings is 1. The molecule has 2 aromatic rings. The van der Waals surface area contributed by atoms with Gasteiger partial charge in [-0.3, -0.25) is 0 Å². The summed E-state index contributed by atoms with van der Waals surface area (Å²) >= 11 is 3.30. The van der Waals surface area contributed by atoms with Crippen LogP contribution in [-0.4, -0.2) is 24.2 Å². The second-order valence-electron chi connectivity index (χ2n) is 3.38. The van der Waals surface area contributed by atoms with Crippen molar-refractivity contribution in [2.24, 2.45) is 0 Å².